The fourth-order valence-electron chi connectivity index (χ4n) is 1.26. The van der Waals surface area contributed by atoms with Crippen LogP contribution in [0.15, 0.2) is 10.4 Å². The molecule has 0 spiro atoms. The van der Waals surface area contributed by atoms with Gasteiger partial charge in [-0.05, 0) is 24.7 Å². The average molecular weight is 364 g/mol. The van der Waals surface area contributed by atoms with E-state index in [1.54, 1.807) is 0 Å². The molecule has 23 heavy (non-hydrogen) atoms. The first-order valence-electron chi connectivity index (χ1n) is 6.22. The van der Waals surface area contributed by atoms with Crippen LogP contribution in [0.2, 0.25) is 0 Å². The molecule has 0 aliphatic rings. The Hall–Kier alpha value is -0.680. The first kappa shape index (κ1) is 33.8. The number of carbonyl (C=O) groups excluding carboxylic acids is 2. The van der Waals surface area contributed by atoms with Crippen LogP contribution in [0, 0.1) is 21.6 Å². The molecule has 0 saturated carbocycles. The van der Waals surface area contributed by atoms with Gasteiger partial charge in [-0.25, -0.2) is 0 Å². The Kier molecular flexibility index (Phi) is 28.5. The SMILES string of the molecule is CC(C)C[C@H](N=O)C(=O)[O-].CC(C)C[C@H](N=O)C(=O)[O-].O.O.[Ca+2]. The van der Waals surface area contributed by atoms with Gasteiger partial charge in [-0.2, -0.15) is 9.81 Å². The molecule has 0 saturated heterocycles. The molecule has 4 N–H and O–H groups in total. The Morgan fingerprint density at radius 2 is 1.00 bits per heavy atom. The number of hydrogen-bond acceptors (Lipinski definition) is 8. The average Bonchev–Trinajstić information content (AvgIpc) is 2.32. The Balaban J connectivity index is -0.0000000831. The van der Waals surface area contributed by atoms with Gasteiger partial charge in [-0.15, -0.1) is 0 Å². The van der Waals surface area contributed by atoms with E-state index < -0.39 is 24.0 Å². The Morgan fingerprint density at radius 1 is 0.783 bits per heavy atom. The molecule has 10 nitrogen and oxygen atoms in total. The Labute approximate surface area is 164 Å². The van der Waals surface area contributed by atoms with Crippen LogP contribution in [0.1, 0.15) is 40.5 Å². The van der Waals surface area contributed by atoms with Crippen molar-refractivity contribution in [2.45, 2.75) is 52.6 Å². The third-order valence-corrected chi connectivity index (χ3v) is 2.19. The molecule has 132 valence electrons. The predicted octanol–water partition coefficient (Wildman–Crippen LogP) is -2.20. The quantitative estimate of drug-likeness (QED) is 0.345. The van der Waals surface area contributed by atoms with Gasteiger partial charge in [0.15, 0.2) is 0 Å². The summed E-state index contributed by atoms with van der Waals surface area (Å²) in [7, 11) is 0. The number of carboxylic acids is 2. The van der Waals surface area contributed by atoms with Crippen LogP contribution in [0.25, 0.3) is 0 Å². The van der Waals surface area contributed by atoms with Crippen molar-refractivity contribution in [3.8, 4) is 0 Å². The fourth-order valence-corrected chi connectivity index (χ4v) is 1.26. The molecule has 0 fully saturated rings. The van der Waals surface area contributed by atoms with Crippen molar-refractivity contribution in [1.82, 2.24) is 0 Å². The first-order chi connectivity index (χ1) is 9.15. The zero-order valence-electron chi connectivity index (χ0n) is 13.8. The molecule has 0 unspecified atom stereocenters. The molecule has 0 amide bonds. The summed E-state index contributed by atoms with van der Waals surface area (Å²) in [6, 6.07) is -2.36. The summed E-state index contributed by atoms with van der Waals surface area (Å²) in [5, 5.41) is 25.0. The number of nitrogens with zero attached hydrogens (tertiary/aromatic N) is 2. The van der Waals surface area contributed by atoms with Crippen LogP contribution in [0.3, 0.4) is 0 Å². The van der Waals surface area contributed by atoms with Gasteiger partial charge in [0.25, 0.3) is 0 Å². The summed E-state index contributed by atoms with van der Waals surface area (Å²) >= 11 is 0. The van der Waals surface area contributed by atoms with E-state index in [1.165, 1.54) is 0 Å². The summed E-state index contributed by atoms with van der Waals surface area (Å²) < 4.78 is 0. The number of nitroso groups, excluding NO2 is 2. The van der Waals surface area contributed by atoms with Crippen molar-refractivity contribution in [2.75, 3.05) is 0 Å². The minimum atomic E-state index is -1.39. The van der Waals surface area contributed by atoms with Crippen molar-refractivity contribution in [1.29, 1.82) is 0 Å². The molecule has 0 heterocycles. The molecular formula is C12H24CaN2O8. The molecule has 0 aromatic rings. The van der Waals surface area contributed by atoms with E-state index in [1.807, 2.05) is 27.7 Å². The molecule has 11 heteroatoms. The van der Waals surface area contributed by atoms with Crippen LogP contribution in [0.4, 0.5) is 0 Å². The van der Waals surface area contributed by atoms with Crippen LogP contribution in [0.5, 0.6) is 0 Å². The fraction of sp³-hybridized carbons (Fsp3) is 0.833. The maximum Gasteiger partial charge on any atom is 2.00 e. The topological polar surface area (TPSA) is 202 Å². The second-order valence-electron chi connectivity index (χ2n) is 5.14. The first-order valence-corrected chi connectivity index (χ1v) is 6.22. The summed E-state index contributed by atoms with van der Waals surface area (Å²) in [5.41, 5.74) is 0. The maximum atomic E-state index is 10.1. The van der Waals surface area contributed by atoms with Crippen LogP contribution < -0.4 is 10.2 Å². The van der Waals surface area contributed by atoms with Crippen LogP contribution in [-0.2, 0) is 9.59 Å². The standard InChI is InChI=1S/2C6H11NO3.Ca.2H2O/c2*1-4(2)3-5(7-10)6(8)9;;;/h2*4-5H,3H2,1-2H3,(H,8,9);;2*1H2/q;;+2;;/p-2/t2*5-;;;/m00.../s1. The molecule has 0 bridgehead atoms. The van der Waals surface area contributed by atoms with E-state index in [0.29, 0.717) is 0 Å². The number of carbonyl (C=O) groups is 2. The second-order valence-corrected chi connectivity index (χ2v) is 5.14. The number of carboxylic acid groups (broad SMARTS) is 2. The van der Waals surface area contributed by atoms with E-state index in [2.05, 4.69) is 10.4 Å². The Morgan fingerprint density at radius 3 is 1.04 bits per heavy atom. The van der Waals surface area contributed by atoms with Crippen molar-refractivity contribution in [3.63, 3.8) is 0 Å². The minimum Gasteiger partial charge on any atom is -0.548 e. The van der Waals surface area contributed by atoms with Crippen LogP contribution >= 0.6 is 0 Å². The van der Waals surface area contributed by atoms with E-state index in [-0.39, 0.29) is 73.4 Å². The van der Waals surface area contributed by atoms with Gasteiger partial charge in [0.05, 0.1) is 11.9 Å². The number of hydrogen-bond donors (Lipinski definition) is 0. The summed E-state index contributed by atoms with van der Waals surface area (Å²) in [5.74, 6) is -2.46. The van der Waals surface area contributed by atoms with Gasteiger partial charge >= 0.3 is 37.7 Å². The summed E-state index contributed by atoms with van der Waals surface area (Å²) in [6.45, 7) is 7.28. The molecule has 0 aromatic heterocycles. The van der Waals surface area contributed by atoms with E-state index >= 15 is 0 Å². The zero-order valence-corrected chi connectivity index (χ0v) is 16.0. The van der Waals surface area contributed by atoms with Gasteiger partial charge in [0.2, 0.25) is 0 Å². The zero-order chi connectivity index (χ0) is 16.3. The second kappa shape index (κ2) is 19.4. The third-order valence-electron chi connectivity index (χ3n) is 2.19. The van der Waals surface area contributed by atoms with E-state index in [4.69, 9.17) is 0 Å². The molecule has 0 radical (unpaired) electrons. The van der Waals surface area contributed by atoms with E-state index in [0.717, 1.165) is 0 Å². The van der Waals surface area contributed by atoms with Crippen LogP contribution in [-0.4, -0.2) is 72.7 Å². The molecule has 0 aliphatic carbocycles. The van der Waals surface area contributed by atoms with Crippen molar-refractivity contribution in [3.05, 3.63) is 9.81 Å². The molecular weight excluding hydrogens is 340 g/mol. The van der Waals surface area contributed by atoms with Gasteiger partial charge in [0.1, 0.15) is 12.1 Å². The van der Waals surface area contributed by atoms with Gasteiger partial charge in [0, 0.05) is 0 Å². The Bertz CT molecular complexity index is 307. The normalized spacial score (nSPS) is 11.4. The van der Waals surface area contributed by atoms with Gasteiger partial charge in [-0.3, -0.25) is 0 Å². The minimum absolute atomic E-state index is 0. The number of rotatable bonds is 8. The summed E-state index contributed by atoms with van der Waals surface area (Å²) in [6.07, 6.45) is 0.512. The van der Waals surface area contributed by atoms with Crippen molar-refractivity contribution in [2.24, 2.45) is 22.2 Å². The maximum absolute atomic E-state index is 10.1. The number of aliphatic carboxylic acids is 2. The molecule has 0 aromatic carbocycles. The van der Waals surface area contributed by atoms with E-state index in [9.17, 15) is 29.6 Å². The van der Waals surface area contributed by atoms with Crippen molar-refractivity contribution < 1.29 is 30.8 Å². The smallest absolute Gasteiger partial charge is 0.548 e. The molecule has 0 rings (SSSR count). The van der Waals surface area contributed by atoms with Gasteiger partial charge < -0.3 is 30.8 Å². The van der Waals surface area contributed by atoms with Crippen molar-refractivity contribution >= 4 is 49.7 Å². The summed E-state index contributed by atoms with van der Waals surface area (Å²) in [4.78, 5) is 39.7. The molecule has 2 atom stereocenters. The predicted molar refractivity (Wildman–Crippen MR) is 81.1 cm³/mol. The monoisotopic (exact) mass is 364 g/mol. The third kappa shape index (κ3) is 21.3. The van der Waals surface area contributed by atoms with Gasteiger partial charge in [-0.1, -0.05) is 38.0 Å². The molecule has 0 aliphatic heterocycles. The largest absolute Gasteiger partial charge is 2.00 e.